The number of hydrogen-bond donors (Lipinski definition) is 1. The molecule has 0 bridgehead atoms. The van der Waals surface area contributed by atoms with Crippen molar-refractivity contribution in [2.75, 3.05) is 46.8 Å². The van der Waals surface area contributed by atoms with Crippen molar-refractivity contribution in [3.63, 3.8) is 0 Å². The fourth-order valence-corrected chi connectivity index (χ4v) is 3.89. The molecular weight excluding hydrogens is 260 g/mol. The van der Waals surface area contributed by atoms with Gasteiger partial charge in [-0.15, -0.1) is 0 Å². The highest BCUT2D eigenvalue weighted by Crippen LogP contribution is 2.23. The minimum Gasteiger partial charge on any atom is -0.356 e. The predicted molar refractivity (Wildman–Crippen MR) is 90.7 cm³/mol. The summed E-state index contributed by atoms with van der Waals surface area (Å²) in [5.74, 6) is 3.55. The van der Waals surface area contributed by atoms with Crippen molar-refractivity contribution in [2.45, 2.75) is 39.5 Å². The average molecular weight is 294 g/mol. The average Bonchev–Trinajstić information content (AvgIpc) is 2.87. The summed E-state index contributed by atoms with van der Waals surface area (Å²) >= 11 is 0. The summed E-state index contributed by atoms with van der Waals surface area (Å²) < 4.78 is 0. The van der Waals surface area contributed by atoms with Gasteiger partial charge in [0.25, 0.3) is 0 Å². The minimum atomic E-state index is 0.773. The highest BCUT2D eigenvalue weighted by molar-refractivity contribution is 5.80. The van der Waals surface area contributed by atoms with Gasteiger partial charge in [-0.25, -0.2) is 0 Å². The third kappa shape index (κ3) is 5.17. The van der Waals surface area contributed by atoms with E-state index in [2.05, 4.69) is 41.0 Å². The third-order valence-corrected chi connectivity index (χ3v) is 4.87. The van der Waals surface area contributed by atoms with Gasteiger partial charge in [0.05, 0.1) is 0 Å². The van der Waals surface area contributed by atoms with E-state index in [9.17, 15) is 0 Å². The second kappa shape index (κ2) is 8.02. The molecule has 2 atom stereocenters. The van der Waals surface area contributed by atoms with Gasteiger partial charge in [0.15, 0.2) is 5.96 Å². The van der Waals surface area contributed by atoms with E-state index in [4.69, 9.17) is 0 Å². The quantitative estimate of drug-likeness (QED) is 0.637. The van der Waals surface area contributed by atoms with E-state index in [1.807, 2.05) is 7.05 Å². The lowest BCUT2D eigenvalue weighted by atomic mass is 9.97. The number of hydrogen-bond acceptors (Lipinski definition) is 2. The number of piperidine rings is 1. The molecule has 2 aliphatic rings. The van der Waals surface area contributed by atoms with Gasteiger partial charge in [-0.1, -0.05) is 13.8 Å². The molecular formula is C17H34N4. The Morgan fingerprint density at radius 3 is 2.67 bits per heavy atom. The van der Waals surface area contributed by atoms with E-state index in [0.29, 0.717) is 0 Å². The van der Waals surface area contributed by atoms with Crippen molar-refractivity contribution in [3.05, 3.63) is 0 Å². The monoisotopic (exact) mass is 294 g/mol. The fraction of sp³-hybridized carbons (Fsp3) is 0.941. The Kier molecular flexibility index (Phi) is 6.34. The van der Waals surface area contributed by atoms with E-state index < -0.39 is 0 Å². The van der Waals surface area contributed by atoms with Crippen LogP contribution in [-0.4, -0.2) is 62.6 Å². The summed E-state index contributed by atoms with van der Waals surface area (Å²) in [6, 6.07) is 0. The summed E-state index contributed by atoms with van der Waals surface area (Å²) in [5, 5.41) is 3.62. The lowest BCUT2D eigenvalue weighted by Gasteiger charge is -2.31. The Bertz CT molecular complexity index is 340. The lowest BCUT2D eigenvalue weighted by molar-refractivity contribution is 0.209. The lowest BCUT2D eigenvalue weighted by Crippen LogP contribution is -2.44. The summed E-state index contributed by atoms with van der Waals surface area (Å²) in [6.45, 7) is 10.6. The van der Waals surface area contributed by atoms with Gasteiger partial charge >= 0.3 is 0 Å². The number of nitrogens with zero attached hydrogens (tertiary/aromatic N) is 3. The molecule has 0 aromatic carbocycles. The molecule has 2 unspecified atom stereocenters. The van der Waals surface area contributed by atoms with E-state index >= 15 is 0 Å². The predicted octanol–water partition coefficient (Wildman–Crippen LogP) is 2.27. The van der Waals surface area contributed by atoms with Gasteiger partial charge in [0.2, 0.25) is 0 Å². The molecule has 2 heterocycles. The fourth-order valence-electron chi connectivity index (χ4n) is 3.89. The van der Waals surface area contributed by atoms with Crippen LogP contribution in [0.15, 0.2) is 4.99 Å². The van der Waals surface area contributed by atoms with Crippen LogP contribution in [0.1, 0.15) is 39.5 Å². The van der Waals surface area contributed by atoms with Crippen LogP contribution in [0.5, 0.6) is 0 Å². The van der Waals surface area contributed by atoms with E-state index in [1.165, 1.54) is 51.9 Å². The van der Waals surface area contributed by atoms with E-state index in [1.54, 1.807) is 0 Å². The zero-order valence-corrected chi connectivity index (χ0v) is 14.4. The second-order valence-corrected chi connectivity index (χ2v) is 7.43. The maximum absolute atomic E-state index is 4.50. The van der Waals surface area contributed by atoms with Crippen molar-refractivity contribution in [3.8, 4) is 0 Å². The molecule has 122 valence electrons. The molecule has 2 saturated heterocycles. The maximum Gasteiger partial charge on any atom is 0.193 e. The molecule has 0 aliphatic carbocycles. The molecule has 0 aromatic heterocycles. The van der Waals surface area contributed by atoms with Crippen LogP contribution in [0.25, 0.3) is 0 Å². The highest BCUT2D eigenvalue weighted by atomic mass is 15.3. The van der Waals surface area contributed by atoms with Crippen molar-refractivity contribution < 1.29 is 0 Å². The van der Waals surface area contributed by atoms with Crippen molar-refractivity contribution in [1.82, 2.24) is 15.1 Å². The zero-order chi connectivity index (χ0) is 15.2. The first-order valence-corrected chi connectivity index (χ1v) is 8.72. The van der Waals surface area contributed by atoms with Crippen LogP contribution in [-0.2, 0) is 0 Å². The summed E-state index contributed by atoms with van der Waals surface area (Å²) in [4.78, 5) is 9.41. The van der Waals surface area contributed by atoms with Gasteiger partial charge in [-0.05, 0) is 57.0 Å². The molecule has 1 N–H and O–H groups in total. The van der Waals surface area contributed by atoms with Gasteiger partial charge < -0.3 is 15.1 Å². The van der Waals surface area contributed by atoms with Crippen LogP contribution in [0.3, 0.4) is 0 Å². The largest absolute Gasteiger partial charge is 0.356 e. The van der Waals surface area contributed by atoms with Gasteiger partial charge in [-0.3, -0.25) is 4.99 Å². The first-order chi connectivity index (χ1) is 10.1. The molecule has 2 fully saturated rings. The molecule has 0 aromatic rings. The van der Waals surface area contributed by atoms with Crippen LogP contribution in [0.4, 0.5) is 0 Å². The number of guanidine groups is 1. The molecule has 0 spiro atoms. The van der Waals surface area contributed by atoms with Crippen LogP contribution in [0, 0.1) is 17.8 Å². The number of aliphatic imine (C=N–C) groups is 1. The Labute approximate surface area is 131 Å². The first-order valence-electron chi connectivity index (χ1n) is 8.72. The van der Waals surface area contributed by atoms with Gasteiger partial charge in [0, 0.05) is 33.2 Å². The number of likely N-dealkylation sites (tertiary alicyclic amines) is 2. The second-order valence-electron chi connectivity index (χ2n) is 7.43. The summed E-state index contributed by atoms with van der Waals surface area (Å²) in [6.07, 6.45) is 5.36. The molecule has 21 heavy (non-hydrogen) atoms. The number of nitrogens with one attached hydrogen (secondary N) is 1. The molecule has 0 radical (unpaired) electrons. The normalized spacial score (nSPS) is 28.4. The van der Waals surface area contributed by atoms with Gasteiger partial charge in [0.1, 0.15) is 0 Å². The Hall–Kier alpha value is -0.770. The molecule has 4 nitrogen and oxygen atoms in total. The Morgan fingerprint density at radius 2 is 2.00 bits per heavy atom. The Morgan fingerprint density at radius 1 is 1.19 bits per heavy atom. The zero-order valence-electron chi connectivity index (χ0n) is 14.4. The van der Waals surface area contributed by atoms with Crippen molar-refractivity contribution in [2.24, 2.45) is 22.7 Å². The third-order valence-electron chi connectivity index (χ3n) is 4.87. The first kappa shape index (κ1) is 16.6. The molecule has 0 saturated carbocycles. The standard InChI is InChI=1S/C17H34N4/c1-14(2)10-15-7-9-21(13-15)17(18-3)19-11-16-6-5-8-20(4)12-16/h14-16H,5-13H2,1-4H3,(H,18,19). The Balaban J connectivity index is 1.76. The van der Waals surface area contributed by atoms with E-state index in [-0.39, 0.29) is 0 Å². The topological polar surface area (TPSA) is 30.9 Å². The van der Waals surface area contributed by atoms with Crippen molar-refractivity contribution in [1.29, 1.82) is 0 Å². The highest BCUT2D eigenvalue weighted by Gasteiger charge is 2.26. The molecule has 2 aliphatic heterocycles. The minimum absolute atomic E-state index is 0.773. The van der Waals surface area contributed by atoms with E-state index in [0.717, 1.165) is 30.3 Å². The number of rotatable bonds is 4. The van der Waals surface area contributed by atoms with Crippen LogP contribution in [0.2, 0.25) is 0 Å². The summed E-state index contributed by atoms with van der Waals surface area (Å²) in [5.41, 5.74) is 0. The maximum atomic E-state index is 4.50. The molecule has 2 rings (SSSR count). The van der Waals surface area contributed by atoms with Crippen LogP contribution >= 0.6 is 0 Å². The van der Waals surface area contributed by atoms with Crippen LogP contribution < -0.4 is 5.32 Å². The van der Waals surface area contributed by atoms with Crippen molar-refractivity contribution >= 4 is 5.96 Å². The molecule has 0 amide bonds. The SMILES string of the molecule is CN=C(NCC1CCCN(C)C1)N1CCC(CC(C)C)C1. The summed E-state index contributed by atoms with van der Waals surface area (Å²) in [7, 11) is 4.16. The van der Waals surface area contributed by atoms with Gasteiger partial charge in [-0.2, -0.15) is 0 Å². The molecule has 4 heteroatoms. The smallest absolute Gasteiger partial charge is 0.193 e.